The molecule has 0 saturated carbocycles. The van der Waals surface area contributed by atoms with Gasteiger partial charge in [-0.3, -0.25) is 4.79 Å². The zero-order chi connectivity index (χ0) is 18.5. The molecule has 0 atom stereocenters. The SMILES string of the molecule is CCc1ccc(-c2nc(C)c(C(=O)NCc3ccccc3OC)s2)cc1. The van der Waals surface area contributed by atoms with Gasteiger partial charge in [0.2, 0.25) is 0 Å². The van der Waals surface area contributed by atoms with Gasteiger partial charge >= 0.3 is 0 Å². The number of aryl methyl sites for hydroxylation is 2. The number of nitrogens with zero attached hydrogens (tertiary/aromatic N) is 1. The molecule has 2 aromatic carbocycles. The molecule has 134 valence electrons. The van der Waals surface area contributed by atoms with E-state index in [0.717, 1.165) is 34.0 Å². The van der Waals surface area contributed by atoms with Gasteiger partial charge in [0.05, 0.1) is 12.8 Å². The van der Waals surface area contributed by atoms with E-state index in [9.17, 15) is 4.79 Å². The van der Waals surface area contributed by atoms with Crippen LogP contribution in [0.2, 0.25) is 0 Å². The van der Waals surface area contributed by atoms with Crippen molar-refractivity contribution in [1.82, 2.24) is 10.3 Å². The molecule has 5 heteroatoms. The van der Waals surface area contributed by atoms with Crippen molar-refractivity contribution in [1.29, 1.82) is 0 Å². The lowest BCUT2D eigenvalue weighted by Gasteiger charge is -2.09. The molecule has 0 spiro atoms. The molecule has 0 aliphatic rings. The Bertz CT molecular complexity index is 901. The number of ether oxygens (including phenoxy) is 1. The van der Waals surface area contributed by atoms with Crippen LogP contribution in [0.25, 0.3) is 10.6 Å². The zero-order valence-electron chi connectivity index (χ0n) is 15.2. The highest BCUT2D eigenvalue weighted by Crippen LogP contribution is 2.28. The van der Waals surface area contributed by atoms with E-state index in [2.05, 4.69) is 41.5 Å². The zero-order valence-corrected chi connectivity index (χ0v) is 16.0. The van der Waals surface area contributed by atoms with Crippen LogP contribution >= 0.6 is 11.3 Å². The Kier molecular flexibility index (Phi) is 5.68. The second-order valence-electron chi connectivity index (χ2n) is 5.98. The van der Waals surface area contributed by atoms with E-state index < -0.39 is 0 Å². The van der Waals surface area contributed by atoms with Gasteiger partial charge in [-0.05, 0) is 25.0 Å². The van der Waals surface area contributed by atoms with Gasteiger partial charge in [-0.15, -0.1) is 11.3 Å². The predicted molar refractivity (Wildman–Crippen MR) is 106 cm³/mol. The summed E-state index contributed by atoms with van der Waals surface area (Å²) in [5.41, 5.74) is 4.03. The van der Waals surface area contributed by atoms with Gasteiger partial charge in [-0.2, -0.15) is 0 Å². The van der Waals surface area contributed by atoms with E-state index in [1.165, 1.54) is 16.9 Å². The summed E-state index contributed by atoms with van der Waals surface area (Å²) in [5, 5.41) is 3.83. The molecule has 1 N–H and O–H groups in total. The van der Waals surface area contributed by atoms with Crippen LogP contribution in [0.3, 0.4) is 0 Å². The van der Waals surface area contributed by atoms with Crippen molar-refractivity contribution < 1.29 is 9.53 Å². The Morgan fingerprint density at radius 3 is 2.58 bits per heavy atom. The first-order chi connectivity index (χ1) is 12.6. The van der Waals surface area contributed by atoms with Gasteiger partial charge in [0.25, 0.3) is 5.91 Å². The van der Waals surface area contributed by atoms with Crippen LogP contribution in [0.1, 0.15) is 33.4 Å². The molecule has 0 aliphatic heterocycles. The third-order valence-electron chi connectivity index (χ3n) is 4.24. The van der Waals surface area contributed by atoms with E-state index in [1.807, 2.05) is 31.2 Å². The summed E-state index contributed by atoms with van der Waals surface area (Å²) >= 11 is 1.42. The number of hydrogen-bond donors (Lipinski definition) is 1. The molecule has 0 bridgehead atoms. The average Bonchev–Trinajstić information content (AvgIpc) is 3.08. The van der Waals surface area contributed by atoms with Crippen molar-refractivity contribution >= 4 is 17.2 Å². The minimum atomic E-state index is -0.109. The number of rotatable bonds is 6. The third-order valence-corrected chi connectivity index (χ3v) is 5.45. The van der Waals surface area contributed by atoms with Crippen LogP contribution in [0.15, 0.2) is 48.5 Å². The molecule has 3 rings (SSSR count). The highest BCUT2D eigenvalue weighted by molar-refractivity contribution is 7.17. The fourth-order valence-electron chi connectivity index (χ4n) is 2.72. The topological polar surface area (TPSA) is 51.2 Å². The second-order valence-corrected chi connectivity index (χ2v) is 6.98. The summed E-state index contributed by atoms with van der Waals surface area (Å²) < 4.78 is 5.33. The Labute approximate surface area is 157 Å². The summed E-state index contributed by atoms with van der Waals surface area (Å²) in [5.74, 6) is 0.660. The van der Waals surface area contributed by atoms with Gasteiger partial charge in [-0.25, -0.2) is 4.98 Å². The van der Waals surface area contributed by atoms with Crippen LogP contribution < -0.4 is 10.1 Å². The largest absolute Gasteiger partial charge is 0.496 e. The Hall–Kier alpha value is -2.66. The van der Waals surface area contributed by atoms with Crippen molar-refractivity contribution in [2.75, 3.05) is 7.11 Å². The number of amides is 1. The van der Waals surface area contributed by atoms with Gasteiger partial charge in [0, 0.05) is 17.7 Å². The first kappa shape index (κ1) is 18.1. The number of aromatic nitrogens is 1. The number of hydrogen-bond acceptors (Lipinski definition) is 4. The second kappa shape index (κ2) is 8.15. The first-order valence-corrected chi connectivity index (χ1v) is 9.40. The minimum Gasteiger partial charge on any atom is -0.496 e. The summed E-state index contributed by atoms with van der Waals surface area (Å²) in [4.78, 5) is 17.8. The monoisotopic (exact) mass is 366 g/mol. The van der Waals surface area contributed by atoms with Crippen molar-refractivity contribution in [3.05, 3.63) is 70.2 Å². The number of methoxy groups -OCH3 is 1. The summed E-state index contributed by atoms with van der Waals surface area (Å²) in [6.45, 7) is 4.42. The average molecular weight is 366 g/mol. The maximum Gasteiger partial charge on any atom is 0.263 e. The minimum absolute atomic E-state index is 0.109. The van der Waals surface area contributed by atoms with Crippen LogP contribution in [0.5, 0.6) is 5.75 Å². The molecule has 1 aromatic heterocycles. The lowest BCUT2D eigenvalue weighted by atomic mass is 10.1. The van der Waals surface area contributed by atoms with E-state index in [1.54, 1.807) is 7.11 Å². The molecule has 0 fully saturated rings. The van der Waals surface area contributed by atoms with Crippen LogP contribution in [0.4, 0.5) is 0 Å². The Morgan fingerprint density at radius 1 is 1.15 bits per heavy atom. The Balaban J connectivity index is 1.74. The quantitative estimate of drug-likeness (QED) is 0.692. The number of nitrogens with one attached hydrogen (secondary N) is 1. The molecule has 26 heavy (non-hydrogen) atoms. The van der Waals surface area contributed by atoms with Crippen molar-refractivity contribution in [2.45, 2.75) is 26.8 Å². The fourth-order valence-corrected chi connectivity index (χ4v) is 3.71. The van der Waals surface area contributed by atoms with Crippen molar-refractivity contribution in [3.8, 4) is 16.3 Å². The maximum atomic E-state index is 12.6. The number of carbonyl (C=O) groups excluding carboxylic acids is 1. The fraction of sp³-hybridized carbons (Fsp3) is 0.238. The smallest absolute Gasteiger partial charge is 0.263 e. The van der Waals surface area contributed by atoms with E-state index in [0.29, 0.717) is 11.4 Å². The maximum absolute atomic E-state index is 12.6. The number of carbonyl (C=O) groups is 1. The summed E-state index contributed by atoms with van der Waals surface area (Å²) in [7, 11) is 1.63. The van der Waals surface area contributed by atoms with Gasteiger partial charge in [0.15, 0.2) is 0 Å². The molecule has 4 nitrogen and oxygen atoms in total. The molecular formula is C21H22N2O2S. The molecule has 0 unspecified atom stereocenters. The van der Waals surface area contributed by atoms with Crippen LogP contribution in [0, 0.1) is 6.92 Å². The standard InChI is InChI=1S/C21H22N2O2S/c1-4-15-9-11-16(12-10-15)21-23-14(2)19(26-21)20(24)22-13-17-7-5-6-8-18(17)25-3/h5-12H,4,13H2,1-3H3,(H,22,24). The molecule has 1 heterocycles. The Morgan fingerprint density at radius 2 is 1.88 bits per heavy atom. The predicted octanol–water partition coefficient (Wildman–Crippen LogP) is 4.62. The highest BCUT2D eigenvalue weighted by Gasteiger charge is 2.16. The summed E-state index contributed by atoms with van der Waals surface area (Å²) in [6.07, 6.45) is 1.01. The van der Waals surface area contributed by atoms with Gasteiger partial charge < -0.3 is 10.1 Å². The molecule has 0 saturated heterocycles. The van der Waals surface area contributed by atoms with Crippen LogP contribution in [-0.4, -0.2) is 18.0 Å². The van der Waals surface area contributed by atoms with Gasteiger partial charge in [-0.1, -0.05) is 49.4 Å². The van der Waals surface area contributed by atoms with Crippen molar-refractivity contribution in [2.24, 2.45) is 0 Å². The molecule has 0 aliphatic carbocycles. The van der Waals surface area contributed by atoms with Crippen LogP contribution in [-0.2, 0) is 13.0 Å². The van der Waals surface area contributed by atoms with E-state index in [4.69, 9.17) is 4.74 Å². The normalized spacial score (nSPS) is 10.6. The molecule has 0 radical (unpaired) electrons. The highest BCUT2D eigenvalue weighted by atomic mass is 32.1. The number of para-hydroxylation sites is 1. The summed E-state index contributed by atoms with van der Waals surface area (Å²) in [6, 6.07) is 16.0. The number of benzene rings is 2. The van der Waals surface area contributed by atoms with Crippen molar-refractivity contribution in [3.63, 3.8) is 0 Å². The lowest BCUT2D eigenvalue weighted by molar-refractivity contribution is 0.0954. The first-order valence-electron chi connectivity index (χ1n) is 8.59. The lowest BCUT2D eigenvalue weighted by Crippen LogP contribution is -2.22. The number of thiazole rings is 1. The van der Waals surface area contributed by atoms with E-state index in [-0.39, 0.29) is 5.91 Å². The molecule has 1 amide bonds. The molecular weight excluding hydrogens is 344 g/mol. The molecule has 3 aromatic rings. The third kappa shape index (κ3) is 3.94. The van der Waals surface area contributed by atoms with Gasteiger partial charge in [0.1, 0.15) is 15.6 Å². The van der Waals surface area contributed by atoms with E-state index >= 15 is 0 Å².